The zero-order valence-corrected chi connectivity index (χ0v) is 19.6. The van der Waals surface area contributed by atoms with Crippen LogP contribution in [0.15, 0.2) is 69.3 Å². The first-order valence-electron chi connectivity index (χ1n) is 9.92. The number of carbonyl (C=O) groups excluding carboxylic acids is 1. The van der Waals surface area contributed by atoms with Crippen LogP contribution in [-0.4, -0.2) is 26.4 Å². The van der Waals surface area contributed by atoms with Crippen LogP contribution < -0.4 is 10.1 Å². The first-order valence-corrected chi connectivity index (χ1v) is 12.4. The number of rotatable bonds is 6. The van der Waals surface area contributed by atoms with E-state index >= 15 is 0 Å². The van der Waals surface area contributed by atoms with E-state index in [4.69, 9.17) is 4.74 Å². The molecule has 1 aliphatic rings. The van der Waals surface area contributed by atoms with E-state index in [-0.39, 0.29) is 21.2 Å². The molecule has 3 aromatic rings. The van der Waals surface area contributed by atoms with E-state index in [1.807, 2.05) is 0 Å². The van der Waals surface area contributed by atoms with Crippen LogP contribution >= 0.6 is 11.8 Å². The number of nitrogens with zero attached hydrogens (tertiary/aromatic N) is 1. The molecule has 1 amide bonds. The van der Waals surface area contributed by atoms with Crippen molar-refractivity contribution in [2.24, 2.45) is 0 Å². The number of benzene rings is 3. The van der Waals surface area contributed by atoms with Gasteiger partial charge in [0, 0.05) is 16.5 Å². The Balaban J connectivity index is 1.66. The van der Waals surface area contributed by atoms with E-state index in [9.17, 15) is 32.1 Å². The second kappa shape index (κ2) is 9.47. The molecule has 0 saturated heterocycles. The number of nitro benzene ring substituents is 1. The molecule has 0 spiro atoms. The molecule has 12 heteroatoms. The van der Waals surface area contributed by atoms with Crippen molar-refractivity contribution in [1.82, 2.24) is 0 Å². The van der Waals surface area contributed by atoms with Gasteiger partial charge in [0.2, 0.25) is 0 Å². The van der Waals surface area contributed by atoms with Gasteiger partial charge in [0.15, 0.2) is 15.6 Å². The molecule has 0 atom stereocenters. The molecule has 0 aromatic heterocycles. The summed E-state index contributed by atoms with van der Waals surface area (Å²) in [7, 11) is -2.82. The van der Waals surface area contributed by atoms with Gasteiger partial charge in [-0.1, -0.05) is 23.9 Å². The molecular formula is C23H16F2N2O6S2. The fourth-order valence-electron chi connectivity index (χ4n) is 3.36. The number of halogens is 2. The van der Waals surface area contributed by atoms with Gasteiger partial charge in [-0.3, -0.25) is 14.9 Å². The molecule has 0 bridgehead atoms. The van der Waals surface area contributed by atoms with Gasteiger partial charge in [0.05, 0.1) is 33.3 Å². The van der Waals surface area contributed by atoms with Gasteiger partial charge in [-0.2, -0.15) is 0 Å². The van der Waals surface area contributed by atoms with Gasteiger partial charge in [0.25, 0.3) is 5.91 Å². The highest BCUT2D eigenvalue weighted by molar-refractivity contribution is 8.04. The molecule has 0 unspecified atom stereocenters. The minimum Gasteiger partial charge on any atom is -0.490 e. The normalized spacial score (nSPS) is 14.4. The summed E-state index contributed by atoms with van der Waals surface area (Å²) >= 11 is 0.962. The number of amides is 1. The Morgan fingerprint density at radius 1 is 1.11 bits per heavy atom. The molecule has 0 fully saturated rings. The number of methoxy groups -OCH3 is 1. The van der Waals surface area contributed by atoms with Crippen molar-refractivity contribution in [3.05, 3.63) is 92.4 Å². The lowest BCUT2D eigenvalue weighted by Crippen LogP contribution is -2.18. The number of ether oxygens (including phenoxy) is 1. The van der Waals surface area contributed by atoms with Crippen LogP contribution in [0.1, 0.15) is 11.1 Å². The quantitative estimate of drug-likeness (QED) is 0.279. The Morgan fingerprint density at radius 3 is 2.49 bits per heavy atom. The summed E-state index contributed by atoms with van der Waals surface area (Å²) in [6.45, 7) is 0. The van der Waals surface area contributed by atoms with Crippen LogP contribution in [0, 0.1) is 21.7 Å². The molecule has 35 heavy (non-hydrogen) atoms. The van der Waals surface area contributed by atoms with Crippen molar-refractivity contribution in [2.75, 3.05) is 12.4 Å². The molecule has 0 radical (unpaired) electrons. The zero-order chi connectivity index (χ0) is 25.3. The smallest absolute Gasteiger partial charge is 0.311 e. The first-order chi connectivity index (χ1) is 16.6. The van der Waals surface area contributed by atoms with E-state index < -0.39 is 43.6 Å². The Bertz CT molecular complexity index is 1490. The highest BCUT2D eigenvalue weighted by Gasteiger charge is 2.26. The van der Waals surface area contributed by atoms with Crippen molar-refractivity contribution < 1.29 is 31.7 Å². The van der Waals surface area contributed by atoms with Crippen LogP contribution in [-0.2, 0) is 20.4 Å². The number of thioether (sulfide) groups is 1. The number of fused-ring (bicyclic) bond motifs is 1. The molecule has 0 saturated carbocycles. The number of hydrogen-bond donors (Lipinski definition) is 1. The van der Waals surface area contributed by atoms with E-state index in [0.29, 0.717) is 16.1 Å². The highest BCUT2D eigenvalue weighted by atomic mass is 32.2. The minimum atomic E-state index is -4.12. The van der Waals surface area contributed by atoms with Gasteiger partial charge < -0.3 is 10.1 Å². The van der Waals surface area contributed by atoms with Gasteiger partial charge in [-0.25, -0.2) is 17.2 Å². The Kier molecular flexibility index (Phi) is 6.59. The second-order valence-corrected chi connectivity index (χ2v) is 10.4. The van der Waals surface area contributed by atoms with Crippen molar-refractivity contribution in [3.63, 3.8) is 0 Å². The lowest BCUT2D eigenvalue weighted by molar-refractivity contribution is -0.385. The van der Waals surface area contributed by atoms with Gasteiger partial charge in [0.1, 0.15) is 11.6 Å². The van der Waals surface area contributed by atoms with Crippen molar-refractivity contribution in [1.29, 1.82) is 0 Å². The summed E-state index contributed by atoms with van der Waals surface area (Å²) in [6.07, 6.45) is 1.42. The third-order valence-electron chi connectivity index (χ3n) is 5.10. The number of carbonyl (C=O) groups is 1. The maximum Gasteiger partial charge on any atom is 0.311 e. The maximum absolute atomic E-state index is 14.0. The number of hydrogen-bond acceptors (Lipinski definition) is 7. The highest BCUT2D eigenvalue weighted by Crippen LogP contribution is 2.41. The predicted molar refractivity (Wildman–Crippen MR) is 126 cm³/mol. The summed E-state index contributed by atoms with van der Waals surface area (Å²) in [5.41, 5.74) is -0.128. The lowest BCUT2D eigenvalue weighted by atomic mass is 10.1. The average Bonchev–Trinajstić information content (AvgIpc) is 2.81. The van der Waals surface area contributed by atoms with E-state index in [1.54, 1.807) is 0 Å². The number of anilines is 1. The van der Waals surface area contributed by atoms with Crippen LogP contribution in [0.2, 0.25) is 0 Å². The fourth-order valence-corrected chi connectivity index (χ4v) is 5.82. The van der Waals surface area contributed by atoms with Crippen LogP contribution in [0.3, 0.4) is 0 Å². The predicted octanol–water partition coefficient (Wildman–Crippen LogP) is 4.94. The molecule has 0 aliphatic carbocycles. The van der Waals surface area contributed by atoms with Gasteiger partial charge >= 0.3 is 5.69 Å². The average molecular weight is 519 g/mol. The van der Waals surface area contributed by atoms with Gasteiger partial charge in [-0.15, -0.1) is 0 Å². The molecule has 180 valence electrons. The van der Waals surface area contributed by atoms with Gasteiger partial charge in [-0.05, 0) is 48.0 Å². The molecule has 8 nitrogen and oxygen atoms in total. The summed E-state index contributed by atoms with van der Waals surface area (Å²) in [6, 6.07) is 11.2. The summed E-state index contributed by atoms with van der Waals surface area (Å²) in [4.78, 5) is 23.6. The standard InChI is InChI=1S/C23H16F2N2O6S2/c1-33-20-8-5-13(9-19(20)27(29)30)10-22-23(28)26-18-7-6-14(11-21(18)34-22)35(31,32)12-15-16(24)3-2-4-17(15)25/h2-11H,12H2,1H3,(H,26,28). The third-order valence-corrected chi connectivity index (χ3v) is 7.82. The number of nitro groups is 1. The SMILES string of the molecule is COc1ccc(C=C2Sc3cc(S(=O)(=O)Cc4c(F)cccc4F)ccc3NC2=O)cc1[N+](=O)[O-]. The maximum atomic E-state index is 14.0. The second-order valence-electron chi connectivity index (χ2n) is 7.37. The molecule has 4 rings (SSSR count). The number of sulfone groups is 1. The topological polar surface area (TPSA) is 116 Å². The summed E-state index contributed by atoms with van der Waals surface area (Å²) in [5, 5.41) is 13.9. The van der Waals surface area contributed by atoms with Crippen LogP contribution in [0.5, 0.6) is 5.75 Å². The van der Waals surface area contributed by atoms with Crippen molar-refractivity contribution in [2.45, 2.75) is 15.5 Å². The first kappa shape index (κ1) is 24.4. The van der Waals surface area contributed by atoms with E-state index in [1.165, 1.54) is 49.6 Å². The minimum absolute atomic E-state index is 0.0596. The molecule has 1 N–H and O–H groups in total. The molecule has 3 aromatic carbocycles. The fraction of sp³-hybridized carbons (Fsp3) is 0.0870. The zero-order valence-electron chi connectivity index (χ0n) is 17.9. The van der Waals surface area contributed by atoms with Crippen molar-refractivity contribution >= 4 is 45.0 Å². The Hall–Kier alpha value is -3.77. The summed E-state index contributed by atoms with van der Waals surface area (Å²) in [5.74, 6) is -3.23. The third kappa shape index (κ3) is 5.03. The monoisotopic (exact) mass is 518 g/mol. The van der Waals surface area contributed by atoms with Crippen LogP contribution in [0.4, 0.5) is 20.2 Å². The number of nitrogens with one attached hydrogen (secondary N) is 1. The van der Waals surface area contributed by atoms with Crippen LogP contribution in [0.25, 0.3) is 6.08 Å². The Labute approximate surface area is 202 Å². The summed E-state index contributed by atoms with van der Waals surface area (Å²) < 4.78 is 58.7. The van der Waals surface area contributed by atoms with E-state index in [2.05, 4.69) is 5.32 Å². The Morgan fingerprint density at radius 2 is 1.83 bits per heavy atom. The van der Waals surface area contributed by atoms with Crippen molar-refractivity contribution in [3.8, 4) is 5.75 Å². The molecule has 1 heterocycles. The molecule has 1 aliphatic heterocycles. The largest absolute Gasteiger partial charge is 0.490 e. The lowest BCUT2D eigenvalue weighted by Gasteiger charge is -2.19. The van der Waals surface area contributed by atoms with E-state index in [0.717, 1.165) is 30.0 Å². The molecular weight excluding hydrogens is 502 g/mol.